The molecule has 0 spiro atoms. The van der Waals surface area contributed by atoms with E-state index in [1.807, 2.05) is 24.3 Å². The molecule has 0 aliphatic carbocycles. The third-order valence-corrected chi connectivity index (χ3v) is 5.70. The predicted molar refractivity (Wildman–Crippen MR) is 108 cm³/mol. The topological polar surface area (TPSA) is 24.8 Å². The van der Waals surface area contributed by atoms with Crippen LogP contribution in [0.5, 0.6) is 5.75 Å². The van der Waals surface area contributed by atoms with E-state index in [9.17, 15) is 0 Å². The normalized spacial score (nSPS) is 13.9. The van der Waals surface area contributed by atoms with E-state index in [0.717, 1.165) is 64.7 Å². The van der Waals surface area contributed by atoms with Crippen molar-refractivity contribution in [3.05, 3.63) is 62.6 Å². The van der Waals surface area contributed by atoms with Gasteiger partial charge >= 0.3 is 0 Å². The zero-order chi connectivity index (χ0) is 17.8. The average Bonchev–Trinajstić information content (AvgIpc) is 3.10. The molecule has 2 aromatic rings. The van der Waals surface area contributed by atoms with Crippen LogP contribution in [0, 0.1) is 0 Å². The Labute approximate surface area is 162 Å². The zero-order valence-electron chi connectivity index (χ0n) is 14.6. The highest BCUT2D eigenvalue weighted by Crippen LogP contribution is 2.28. The maximum absolute atomic E-state index is 6.55. The molecule has 0 aromatic heterocycles. The summed E-state index contributed by atoms with van der Waals surface area (Å²) < 4.78 is 6.44. The highest BCUT2D eigenvalue weighted by molar-refractivity contribution is 9.10. The summed E-state index contributed by atoms with van der Waals surface area (Å²) in [5.41, 5.74) is 3.54. The van der Waals surface area contributed by atoms with Crippen molar-refractivity contribution < 1.29 is 4.74 Å². The molecule has 0 atom stereocenters. The van der Waals surface area contributed by atoms with Crippen LogP contribution in [0.2, 0.25) is 5.02 Å². The van der Waals surface area contributed by atoms with Gasteiger partial charge in [0.2, 0.25) is 0 Å². The standard InChI is InChI=1S/C20H22BrClN2O/c1-3-24-12-11-23-20(24)17-5-4-6-19(22)16(17)9-7-14-13-15(25-2)8-10-18(14)21/h4-6,8,10,13H,3,7,9,11-12H2,1-2H3. The molecule has 1 heterocycles. The molecule has 1 aliphatic rings. The SMILES string of the molecule is CCN1CCN=C1c1cccc(Cl)c1CCc1cc(OC)ccc1Br. The Morgan fingerprint density at radius 1 is 1.24 bits per heavy atom. The number of aryl methyl sites for hydroxylation is 1. The number of benzene rings is 2. The van der Waals surface area contributed by atoms with E-state index in [-0.39, 0.29) is 0 Å². The van der Waals surface area contributed by atoms with E-state index in [2.05, 4.69) is 39.9 Å². The van der Waals surface area contributed by atoms with E-state index >= 15 is 0 Å². The van der Waals surface area contributed by atoms with Crippen LogP contribution in [-0.4, -0.2) is 37.5 Å². The molecule has 132 valence electrons. The molecule has 0 saturated carbocycles. The van der Waals surface area contributed by atoms with E-state index in [4.69, 9.17) is 21.3 Å². The van der Waals surface area contributed by atoms with Gasteiger partial charge in [0.25, 0.3) is 0 Å². The van der Waals surface area contributed by atoms with Crippen LogP contribution in [0.1, 0.15) is 23.6 Å². The summed E-state index contributed by atoms with van der Waals surface area (Å²) in [7, 11) is 1.69. The number of hydrogen-bond donors (Lipinski definition) is 0. The quantitative estimate of drug-likeness (QED) is 0.657. The Kier molecular flexibility index (Phi) is 6.02. The van der Waals surface area contributed by atoms with Gasteiger partial charge in [-0.05, 0) is 55.2 Å². The van der Waals surface area contributed by atoms with Gasteiger partial charge in [-0.3, -0.25) is 4.99 Å². The van der Waals surface area contributed by atoms with Crippen molar-refractivity contribution in [3.8, 4) is 5.75 Å². The highest BCUT2D eigenvalue weighted by Gasteiger charge is 2.21. The van der Waals surface area contributed by atoms with Crippen molar-refractivity contribution in [2.45, 2.75) is 19.8 Å². The Balaban J connectivity index is 1.88. The molecule has 25 heavy (non-hydrogen) atoms. The fourth-order valence-electron chi connectivity index (χ4n) is 3.20. The summed E-state index contributed by atoms with van der Waals surface area (Å²) in [5, 5.41) is 0.808. The van der Waals surface area contributed by atoms with Gasteiger partial charge in [0, 0.05) is 28.1 Å². The lowest BCUT2D eigenvalue weighted by Gasteiger charge is -2.21. The van der Waals surface area contributed by atoms with Gasteiger partial charge in [-0.15, -0.1) is 0 Å². The van der Waals surface area contributed by atoms with Crippen LogP contribution >= 0.6 is 27.5 Å². The minimum absolute atomic E-state index is 0.808. The molecule has 0 amide bonds. The number of rotatable bonds is 6. The summed E-state index contributed by atoms with van der Waals surface area (Å²) >= 11 is 10.2. The Morgan fingerprint density at radius 2 is 2.08 bits per heavy atom. The lowest BCUT2D eigenvalue weighted by molar-refractivity contribution is 0.414. The van der Waals surface area contributed by atoms with Gasteiger partial charge in [0.1, 0.15) is 11.6 Å². The van der Waals surface area contributed by atoms with Crippen molar-refractivity contribution in [3.63, 3.8) is 0 Å². The number of methoxy groups -OCH3 is 1. The summed E-state index contributed by atoms with van der Waals surface area (Å²) in [6.07, 6.45) is 1.74. The summed E-state index contributed by atoms with van der Waals surface area (Å²) in [4.78, 5) is 7.03. The Morgan fingerprint density at radius 3 is 2.84 bits per heavy atom. The molecule has 3 rings (SSSR count). The minimum Gasteiger partial charge on any atom is -0.497 e. The van der Waals surface area contributed by atoms with Crippen molar-refractivity contribution in [2.75, 3.05) is 26.7 Å². The van der Waals surface area contributed by atoms with E-state index in [0.29, 0.717) is 0 Å². The van der Waals surface area contributed by atoms with Crippen LogP contribution in [-0.2, 0) is 12.8 Å². The third kappa shape index (κ3) is 4.01. The number of hydrogen-bond acceptors (Lipinski definition) is 3. The van der Waals surface area contributed by atoms with E-state index in [1.165, 1.54) is 5.56 Å². The molecular weight excluding hydrogens is 400 g/mol. The second-order valence-electron chi connectivity index (χ2n) is 6.01. The molecule has 1 aliphatic heterocycles. The lowest BCUT2D eigenvalue weighted by Crippen LogP contribution is -2.29. The van der Waals surface area contributed by atoms with Crippen LogP contribution in [0.4, 0.5) is 0 Å². The molecule has 2 aromatic carbocycles. The summed E-state index contributed by atoms with van der Waals surface area (Å²) in [6.45, 7) is 4.97. The number of nitrogens with zero attached hydrogens (tertiary/aromatic N) is 2. The fraction of sp³-hybridized carbons (Fsp3) is 0.350. The molecule has 0 fully saturated rings. The van der Waals surface area contributed by atoms with Crippen LogP contribution in [0.15, 0.2) is 45.9 Å². The number of amidine groups is 1. The van der Waals surface area contributed by atoms with Gasteiger partial charge in [-0.25, -0.2) is 0 Å². The summed E-state index contributed by atoms with van der Waals surface area (Å²) in [5.74, 6) is 1.94. The maximum Gasteiger partial charge on any atom is 0.131 e. The van der Waals surface area contributed by atoms with E-state index in [1.54, 1.807) is 7.11 Å². The van der Waals surface area contributed by atoms with Gasteiger partial charge in [-0.2, -0.15) is 0 Å². The molecule has 0 unspecified atom stereocenters. The van der Waals surface area contributed by atoms with Crippen LogP contribution in [0.3, 0.4) is 0 Å². The first-order valence-electron chi connectivity index (χ1n) is 8.53. The van der Waals surface area contributed by atoms with Gasteiger partial charge < -0.3 is 9.64 Å². The van der Waals surface area contributed by atoms with Crippen LogP contribution < -0.4 is 4.74 Å². The Bertz CT molecular complexity index is 791. The molecule has 0 bridgehead atoms. The number of ether oxygens (including phenoxy) is 1. The summed E-state index contributed by atoms with van der Waals surface area (Å²) in [6, 6.07) is 12.2. The maximum atomic E-state index is 6.55. The van der Waals surface area contributed by atoms with Gasteiger partial charge in [-0.1, -0.05) is 39.7 Å². The van der Waals surface area contributed by atoms with E-state index < -0.39 is 0 Å². The Hall–Kier alpha value is -1.52. The van der Waals surface area contributed by atoms with Crippen molar-refractivity contribution >= 4 is 33.4 Å². The van der Waals surface area contributed by atoms with Gasteiger partial charge in [0.15, 0.2) is 0 Å². The first-order valence-corrected chi connectivity index (χ1v) is 9.70. The largest absolute Gasteiger partial charge is 0.497 e. The average molecular weight is 422 g/mol. The first kappa shape index (κ1) is 18.3. The molecule has 0 radical (unpaired) electrons. The smallest absolute Gasteiger partial charge is 0.131 e. The third-order valence-electron chi connectivity index (χ3n) is 4.57. The number of aliphatic imine (C=N–C) groups is 1. The molecule has 0 N–H and O–H groups in total. The second-order valence-corrected chi connectivity index (χ2v) is 7.27. The first-order chi connectivity index (χ1) is 12.1. The lowest BCUT2D eigenvalue weighted by atomic mass is 9.98. The van der Waals surface area contributed by atoms with Crippen molar-refractivity contribution in [2.24, 2.45) is 4.99 Å². The molecule has 0 saturated heterocycles. The predicted octanol–water partition coefficient (Wildman–Crippen LogP) is 4.98. The fourth-order valence-corrected chi connectivity index (χ4v) is 3.91. The van der Waals surface area contributed by atoms with Crippen LogP contribution in [0.25, 0.3) is 0 Å². The molecule has 3 nitrogen and oxygen atoms in total. The highest BCUT2D eigenvalue weighted by atomic mass is 79.9. The van der Waals surface area contributed by atoms with Gasteiger partial charge in [0.05, 0.1) is 13.7 Å². The van der Waals surface area contributed by atoms with Crippen molar-refractivity contribution in [1.82, 2.24) is 4.90 Å². The number of halogens is 2. The zero-order valence-corrected chi connectivity index (χ0v) is 16.9. The van der Waals surface area contributed by atoms with Crippen molar-refractivity contribution in [1.29, 1.82) is 0 Å². The monoisotopic (exact) mass is 420 g/mol. The second kappa shape index (κ2) is 8.24. The molecular formula is C20H22BrClN2O. The number of likely N-dealkylation sites (N-methyl/N-ethyl adjacent to an activating group) is 1. The minimum atomic E-state index is 0.808. The molecule has 5 heteroatoms.